The number of piperidine rings is 1. The highest BCUT2D eigenvalue weighted by atomic mass is 16.2. The zero-order valence-electron chi connectivity index (χ0n) is 21.7. The highest BCUT2D eigenvalue weighted by Crippen LogP contribution is 2.43. The van der Waals surface area contributed by atoms with Crippen molar-refractivity contribution in [2.45, 2.75) is 95.2 Å². The lowest BCUT2D eigenvalue weighted by atomic mass is 10.0. The monoisotopic (exact) mass is 492 g/mol. The molecule has 6 rings (SSSR count). The molecule has 4 fully saturated rings. The molecule has 9 heteroatoms. The van der Waals surface area contributed by atoms with Crippen LogP contribution in [0.15, 0.2) is 18.6 Å². The second-order valence-electron chi connectivity index (χ2n) is 11.7. The smallest absolute Gasteiger partial charge is 0.229 e. The molecular weight excluding hydrogens is 452 g/mol. The third-order valence-corrected chi connectivity index (χ3v) is 8.46. The number of nitrogens with one attached hydrogen (secondary N) is 2. The second-order valence-corrected chi connectivity index (χ2v) is 11.7. The van der Waals surface area contributed by atoms with Crippen LogP contribution in [0.1, 0.15) is 89.2 Å². The summed E-state index contributed by atoms with van der Waals surface area (Å²) in [6.07, 6.45) is 16.0. The molecule has 2 aliphatic heterocycles. The van der Waals surface area contributed by atoms with Gasteiger partial charge in [-0.15, -0.1) is 0 Å². The number of carbonyl (C=O) groups excluding carboxylic acids is 1. The van der Waals surface area contributed by atoms with Crippen molar-refractivity contribution in [2.75, 3.05) is 36.8 Å². The average molecular weight is 493 g/mol. The first-order chi connectivity index (χ1) is 17.5. The van der Waals surface area contributed by atoms with Gasteiger partial charge in [0.2, 0.25) is 11.9 Å². The van der Waals surface area contributed by atoms with Gasteiger partial charge in [0.05, 0.1) is 17.9 Å². The van der Waals surface area contributed by atoms with Crippen molar-refractivity contribution >= 4 is 23.4 Å². The van der Waals surface area contributed by atoms with Gasteiger partial charge in [0.15, 0.2) is 0 Å². The standard InChI is InChI=1S/C27H40N8O/c1-27(2)11-8-24(36)34(27)13-3-12-28-25-23(19-4-5-19)17-29-26(32-25)31-20-16-30-35(18-20)22-9-14-33(15-10-22)21-6-7-21/h16-19,21-22H,3-15H2,1-2H3,(H2,28,29,31,32). The number of aromatic nitrogens is 4. The lowest BCUT2D eigenvalue weighted by molar-refractivity contribution is -0.130. The Morgan fingerprint density at radius 2 is 1.86 bits per heavy atom. The molecule has 194 valence electrons. The van der Waals surface area contributed by atoms with E-state index in [0.717, 1.165) is 43.5 Å². The highest BCUT2D eigenvalue weighted by Gasteiger charge is 2.37. The molecule has 4 aliphatic rings. The first-order valence-corrected chi connectivity index (χ1v) is 13.9. The maximum atomic E-state index is 12.2. The Kier molecular flexibility index (Phi) is 6.35. The van der Waals surface area contributed by atoms with Gasteiger partial charge in [-0.1, -0.05) is 0 Å². The molecule has 0 spiro atoms. The van der Waals surface area contributed by atoms with Crippen LogP contribution in [0.2, 0.25) is 0 Å². The molecule has 4 heterocycles. The topological polar surface area (TPSA) is 91.2 Å². The first-order valence-electron chi connectivity index (χ1n) is 13.9. The number of hydrogen-bond donors (Lipinski definition) is 2. The summed E-state index contributed by atoms with van der Waals surface area (Å²) in [4.78, 5) is 26.4. The summed E-state index contributed by atoms with van der Waals surface area (Å²) in [5.74, 6) is 2.36. The van der Waals surface area contributed by atoms with E-state index in [4.69, 9.17) is 4.98 Å². The molecule has 0 atom stereocenters. The summed E-state index contributed by atoms with van der Waals surface area (Å²) in [7, 11) is 0. The molecule has 2 aromatic heterocycles. The van der Waals surface area contributed by atoms with Crippen molar-refractivity contribution in [2.24, 2.45) is 0 Å². The molecule has 2 N–H and O–H groups in total. The SMILES string of the molecule is CC1(C)CCC(=O)N1CCCNc1nc(Nc2cnn(C3CCN(C4CC4)CC3)c2)ncc1C1CC1. The summed E-state index contributed by atoms with van der Waals surface area (Å²) >= 11 is 0. The predicted molar refractivity (Wildman–Crippen MR) is 141 cm³/mol. The Bertz CT molecular complexity index is 1080. The van der Waals surface area contributed by atoms with Crippen LogP contribution in [0.25, 0.3) is 0 Å². The fourth-order valence-corrected chi connectivity index (χ4v) is 5.86. The van der Waals surface area contributed by atoms with Crippen molar-refractivity contribution in [1.29, 1.82) is 0 Å². The first kappa shape index (κ1) is 23.7. The van der Waals surface area contributed by atoms with Crippen LogP contribution in [0.3, 0.4) is 0 Å². The quantitative estimate of drug-likeness (QED) is 0.478. The minimum Gasteiger partial charge on any atom is -0.370 e. The second kappa shape index (κ2) is 9.65. The molecule has 9 nitrogen and oxygen atoms in total. The van der Waals surface area contributed by atoms with Crippen LogP contribution in [0.4, 0.5) is 17.5 Å². The van der Waals surface area contributed by atoms with E-state index in [2.05, 4.69) is 50.3 Å². The molecule has 36 heavy (non-hydrogen) atoms. The maximum absolute atomic E-state index is 12.2. The van der Waals surface area contributed by atoms with Crippen LogP contribution in [-0.4, -0.2) is 73.2 Å². The number of rotatable bonds is 10. The van der Waals surface area contributed by atoms with Crippen LogP contribution < -0.4 is 10.6 Å². The highest BCUT2D eigenvalue weighted by molar-refractivity contribution is 5.79. The van der Waals surface area contributed by atoms with E-state index < -0.39 is 0 Å². The third kappa shape index (κ3) is 5.21. The van der Waals surface area contributed by atoms with Gasteiger partial charge in [0.25, 0.3) is 0 Å². The van der Waals surface area contributed by atoms with Crippen molar-refractivity contribution < 1.29 is 4.79 Å². The largest absolute Gasteiger partial charge is 0.370 e. The molecule has 2 saturated carbocycles. The third-order valence-electron chi connectivity index (χ3n) is 8.46. The molecular formula is C27H40N8O. The summed E-state index contributed by atoms with van der Waals surface area (Å²) < 4.78 is 2.12. The number of nitrogens with zero attached hydrogens (tertiary/aromatic N) is 6. The molecule has 2 aromatic rings. The van der Waals surface area contributed by atoms with Gasteiger partial charge >= 0.3 is 0 Å². The van der Waals surface area contributed by atoms with Gasteiger partial charge in [-0.05, 0) is 71.1 Å². The van der Waals surface area contributed by atoms with E-state index in [9.17, 15) is 4.79 Å². The molecule has 1 amide bonds. The molecule has 2 aliphatic carbocycles. The van der Waals surface area contributed by atoms with Crippen molar-refractivity contribution in [3.63, 3.8) is 0 Å². The lowest BCUT2D eigenvalue weighted by Gasteiger charge is -2.32. The van der Waals surface area contributed by atoms with E-state index in [1.807, 2.05) is 17.3 Å². The molecule has 0 bridgehead atoms. The average Bonchev–Trinajstić information content (AvgIpc) is 3.80. The van der Waals surface area contributed by atoms with Gasteiger partial charge < -0.3 is 20.4 Å². The number of carbonyl (C=O) groups is 1. The van der Waals surface area contributed by atoms with E-state index in [0.29, 0.717) is 24.3 Å². The van der Waals surface area contributed by atoms with Crippen molar-refractivity contribution in [3.8, 4) is 0 Å². The summed E-state index contributed by atoms with van der Waals surface area (Å²) in [6, 6.07) is 1.33. The molecule has 2 saturated heterocycles. The van der Waals surface area contributed by atoms with Crippen molar-refractivity contribution in [1.82, 2.24) is 29.5 Å². The minimum absolute atomic E-state index is 0.0269. The summed E-state index contributed by atoms with van der Waals surface area (Å²) in [6.45, 7) is 8.26. The summed E-state index contributed by atoms with van der Waals surface area (Å²) in [5, 5.41) is 11.6. The van der Waals surface area contributed by atoms with Gasteiger partial charge in [0.1, 0.15) is 5.82 Å². The Balaban J connectivity index is 1.05. The van der Waals surface area contributed by atoms with Crippen LogP contribution in [0, 0.1) is 0 Å². The van der Waals surface area contributed by atoms with E-state index in [1.54, 1.807) is 0 Å². The zero-order valence-corrected chi connectivity index (χ0v) is 21.7. The van der Waals surface area contributed by atoms with Gasteiger partial charge in [0, 0.05) is 62.1 Å². The molecule has 0 radical (unpaired) electrons. The number of likely N-dealkylation sites (tertiary alicyclic amines) is 2. The number of amides is 1. The minimum atomic E-state index is -0.0269. The number of hydrogen-bond acceptors (Lipinski definition) is 7. The molecule has 0 unspecified atom stereocenters. The molecule has 0 aromatic carbocycles. The maximum Gasteiger partial charge on any atom is 0.229 e. The van der Waals surface area contributed by atoms with Crippen LogP contribution in [0.5, 0.6) is 0 Å². The fourth-order valence-electron chi connectivity index (χ4n) is 5.86. The lowest BCUT2D eigenvalue weighted by Crippen LogP contribution is -2.41. The van der Waals surface area contributed by atoms with Gasteiger partial charge in [-0.3, -0.25) is 9.48 Å². The van der Waals surface area contributed by atoms with Crippen LogP contribution in [-0.2, 0) is 4.79 Å². The van der Waals surface area contributed by atoms with E-state index in [-0.39, 0.29) is 11.4 Å². The summed E-state index contributed by atoms with van der Waals surface area (Å²) in [5.41, 5.74) is 2.11. The zero-order chi connectivity index (χ0) is 24.7. The van der Waals surface area contributed by atoms with Gasteiger partial charge in [-0.2, -0.15) is 10.1 Å². The fraction of sp³-hybridized carbons (Fsp3) is 0.704. The number of anilines is 3. The predicted octanol–water partition coefficient (Wildman–Crippen LogP) is 4.30. The Morgan fingerprint density at radius 3 is 2.56 bits per heavy atom. The van der Waals surface area contributed by atoms with Crippen molar-refractivity contribution in [3.05, 3.63) is 24.2 Å². The van der Waals surface area contributed by atoms with Gasteiger partial charge in [-0.25, -0.2) is 4.98 Å². The Morgan fingerprint density at radius 1 is 1.06 bits per heavy atom. The Labute approximate surface area is 214 Å². The van der Waals surface area contributed by atoms with E-state index >= 15 is 0 Å². The van der Waals surface area contributed by atoms with Crippen LogP contribution >= 0.6 is 0 Å². The Hall–Kier alpha value is -2.68. The normalized spacial score (nSPS) is 22.8. The van der Waals surface area contributed by atoms with E-state index in [1.165, 1.54) is 57.2 Å².